The van der Waals surface area contributed by atoms with Crippen molar-refractivity contribution in [3.05, 3.63) is 0 Å². The van der Waals surface area contributed by atoms with E-state index in [9.17, 15) is 9.59 Å². The molecule has 0 aliphatic carbocycles. The van der Waals surface area contributed by atoms with E-state index in [-0.39, 0.29) is 6.03 Å². The van der Waals surface area contributed by atoms with Crippen LogP contribution in [0.3, 0.4) is 0 Å². The van der Waals surface area contributed by atoms with Crippen LogP contribution in [0.2, 0.25) is 0 Å². The zero-order chi connectivity index (χ0) is 13.8. The molecule has 2 saturated heterocycles. The topological polar surface area (TPSA) is 60.9 Å². The van der Waals surface area contributed by atoms with Gasteiger partial charge in [0.05, 0.1) is 0 Å². The van der Waals surface area contributed by atoms with E-state index in [0.717, 1.165) is 32.4 Å². The molecule has 0 bridgehead atoms. The summed E-state index contributed by atoms with van der Waals surface area (Å²) < 4.78 is 0. The molecule has 108 valence electrons. The van der Waals surface area contributed by atoms with Crippen LogP contribution in [0.25, 0.3) is 0 Å². The fourth-order valence-electron chi connectivity index (χ4n) is 3.20. The number of carboxylic acid groups (broad SMARTS) is 1. The van der Waals surface area contributed by atoms with E-state index in [0.29, 0.717) is 18.9 Å². The molecule has 2 amide bonds. The first-order valence-corrected chi connectivity index (χ1v) is 7.41. The van der Waals surface area contributed by atoms with Gasteiger partial charge in [0.15, 0.2) is 0 Å². The molecule has 2 aliphatic heterocycles. The lowest BCUT2D eigenvalue weighted by molar-refractivity contribution is -0.141. The molecule has 0 aromatic heterocycles. The molecule has 2 heterocycles. The predicted molar refractivity (Wildman–Crippen MR) is 72.0 cm³/mol. The van der Waals surface area contributed by atoms with E-state index in [1.807, 2.05) is 4.90 Å². The summed E-state index contributed by atoms with van der Waals surface area (Å²) in [4.78, 5) is 27.0. The number of hydrogen-bond donors (Lipinski definition) is 1. The first-order valence-electron chi connectivity index (χ1n) is 7.41. The zero-order valence-electron chi connectivity index (χ0n) is 11.7. The van der Waals surface area contributed by atoms with E-state index in [1.54, 1.807) is 4.90 Å². The van der Waals surface area contributed by atoms with Gasteiger partial charge in [-0.25, -0.2) is 9.59 Å². The highest BCUT2D eigenvalue weighted by molar-refractivity contribution is 5.83. The Bertz CT molecular complexity index is 346. The molecule has 0 saturated carbocycles. The Kier molecular flexibility index (Phi) is 4.66. The summed E-state index contributed by atoms with van der Waals surface area (Å²) in [5, 5.41) is 9.15. The number of carbonyl (C=O) groups is 2. The number of likely N-dealkylation sites (tertiary alicyclic amines) is 2. The average Bonchev–Trinajstić information content (AvgIpc) is 2.76. The molecule has 19 heavy (non-hydrogen) atoms. The minimum atomic E-state index is -0.868. The van der Waals surface area contributed by atoms with E-state index < -0.39 is 12.0 Å². The highest BCUT2D eigenvalue weighted by atomic mass is 16.4. The highest BCUT2D eigenvalue weighted by Crippen LogP contribution is 2.24. The van der Waals surface area contributed by atoms with Gasteiger partial charge >= 0.3 is 12.0 Å². The lowest BCUT2D eigenvalue weighted by atomic mass is 9.98. The van der Waals surface area contributed by atoms with Crippen LogP contribution in [0.15, 0.2) is 0 Å². The van der Waals surface area contributed by atoms with Gasteiger partial charge in [-0.15, -0.1) is 0 Å². The first kappa shape index (κ1) is 14.2. The number of carbonyl (C=O) groups excluding carboxylic acids is 1. The molecular formula is C14H24N2O3. The molecule has 2 aliphatic rings. The van der Waals surface area contributed by atoms with Crippen LogP contribution in [-0.4, -0.2) is 52.6 Å². The third kappa shape index (κ3) is 3.19. The third-order valence-corrected chi connectivity index (χ3v) is 4.48. The van der Waals surface area contributed by atoms with Gasteiger partial charge in [-0.1, -0.05) is 13.3 Å². The molecule has 2 rings (SSSR count). The number of urea groups is 1. The summed E-state index contributed by atoms with van der Waals surface area (Å²) in [6.45, 7) is 4.34. The van der Waals surface area contributed by atoms with Gasteiger partial charge in [0.2, 0.25) is 0 Å². The lowest BCUT2D eigenvalue weighted by Gasteiger charge is -2.29. The van der Waals surface area contributed by atoms with Gasteiger partial charge in [-0.05, 0) is 38.0 Å². The largest absolute Gasteiger partial charge is 0.480 e. The minimum Gasteiger partial charge on any atom is -0.480 e. The second-order valence-corrected chi connectivity index (χ2v) is 5.66. The molecule has 5 nitrogen and oxygen atoms in total. The van der Waals surface area contributed by atoms with E-state index in [2.05, 4.69) is 6.92 Å². The molecule has 1 unspecified atom stereocenters. The lowest BCUT2D eigenvalue weighted by Crippen LogP contribution is -2.48. The van der Waals surface area contributed by atoms with Crippen molar-refractivity contribution in [2.24, 2.45) is 5.92 Å². The smallest absolute Gasteiger partial charge is 0.326 e. The second kappa shape index (κ2) is 6.26. The van der Waals surface area contributed by atoms with Crippen LogP contribution in [0.4, 0.5) is 4.79 Å². The Morgan fingerprint density at radius 2 is 1.84 bits per heavy atom. The van der Waals surface area contributed by atoms with Gasteiger partial charge in [0.25, 0.3) is 0 Å². The van der Waals surface area contributed by atoms with E-state index >= 15 is 0 Å². The summed E-state index contributed by atoms with van der Waals surface area (Å²) in [6, 6.07) is -0.681. The summed E-state index contributed by atoms with van der Waals surface area (Å²) in [5.41, 5.74) is 0. The summed E-state index contributed by atoms with van der Waals surface area (Å²) >= 11 is 0. The van der Waals surface area contributed by atoms with Crippen LogP contribution >= 0.6 is 0 Å². The van der Waals surface area contributed by atoms with Gasteiger partial charge in [0, 0.05) is 19.6 Å². The summed E-state index contributed by atoms with van der Waals surface area (Å²) in [7, 11) is 0. The first-order chi connectivity index (χ1) is 9.13. The van der Waals surface area contributed by atoms with E-state index in [4.69, 9.17) is 5.11 Å². The Morgan fingerprint density at radius 1 is 1.11 bits per heavy atom. The van der Waals surface area contributed by atoms with Crippen molar-refractivity contribution in [1.82, 2.24) is 9.80 Å². The third-order valence-electron chi connectivity index (χ3n) is 4.48. The van der Waals surface area contributed by atoms with Crippen LogP contribution in [0.1, 0.15) is 45.4 Å². The van der Waals surface area contributed by atoms with Crippen LogP contribution < -0.4 is 0 Å². The van der Waals surface area contributed by atoms with Crippen LogP contribution in [-0.2, 0) is 4.79 Å². The van der Waals surface area contributed by atoms with Gasteiger partial charge in [-0.2, -0.15) is 0 Å². The molecule has 0 aromatic rings. The summed E-state index contributed by atoms with van der Waals surface area (Å²) in [5.74, 6) is -0.154. The number of nitrogens with zero attached hydrogens (tertiary/aromatic N) is 2. The van der Waals surface area contributed by atoms with E-state index in [1.165, 1.54) is 12.8 Å². The standard InChI is InChI=1S/C14H24N2O3/c1-2-11-5-3-8-15(10-7-11)14(19)16-9-4-6-12(16)13(17)18/h11-12H,2-10H2,1H3,(H,17,18)/t11?,12-/m1/s1. The molecule has 2 atom stereocenters. The monoisotopic (exact) mass is 268 g/mol. The molecule has 0 radical (unpaired) electrons. The van der Waals surface area contributed by atoms with Crippen molar-refractivity contribution in [1.29, 1.82) is 0 Å². The maximum absolute atomic E-state index is 12.5. The molecular weight excluding hydrogens is 244 g/mol. The fraction of sp³-hybridized carbons (Fsp3) is 0.857. The summed E-state index contributed by atoms with van der Waals surface area (Å²) in [6.07, 6.45) is 5.83. The Balaban J connectivity index is 1.97. The Hall–Kier alpha value is -1.26. The van der Waals surface area contributed by atoms with Crippen molar-refractivity contribution in [2.75, 3.05) is 19.6 Å². The fourth-order valence-corrected chi connectivity index (χ4v) is 3.20. The second-order valence-electron chi connectivity index (χ2n) is 5.66. The maximum Gasteiger partial charge on any atom is 0.326 e. The number of rotatable bonds is 2. The maximum atomic E-state index is 12.5. The van der Waals surface area contributed by atoms with Crippen LogP contribution in [0.5, 0.6) is 0 Å². The van der Waals surface area contributed by atoms with Gasteiger partial charge in [-0.3, -0.25) is 0 Å². The van der Waals surface area contributed by atoms with Crippen molar-refractivity contribution < 1.29 is 14.7 Å². The average molecular weight is 268 g/mol. The molecule has 0 aromatic carbocycles. The highest BCUT2D eigenvalue weighted by Gasteiger charge is 2.36. The SMILES string of the molecule is CCC1CCCN(C(=O)N2CCC[C@@H]2C(=O)O)CC1. The number of amides is 2. The molecule has 2 fully saturated rings. The minimum absolute atomic E-state index is 0.0679. The molecule has 5 heteroatoms. The number of hydrogen-bond acceptors (Lipinski definition) is 2. The zero-order valence-corrected chi connectivity index (χ0v) is 11.7. The van der Waals surface area contributed by atoms with Gasteiger partial charge < -0.3 is 14.9 Å². The number of carboxylic acids is 1. The number of aliphatic carboxylic acids is 1. The Morgan fingerprint density at radius 3 is 2.53 bits per heavy atom. The molecule has 0 spiro atoms. The van der Waals surface area contributed by atoms with Gasteiger partial charge in [0.1, 0.15) is 6.04 Å². The van der Waals surface area contributed by atoms with Crippen molar-refractivity contribution in [2.45, 2.75) is 51.5 Å². The predicted octanol–water partition coefficient (Wildman–Crippen LogP) is 2.17. The molecule has 1 N–H and O–H groups in total. The Labute approximate surface area is 114 Å². The van der Waals surface area contributed by atoms with Crippen molar-refractivity contribution >= 4 is 12.0 Å². The van der Waals surface area contributed by atoms with Crippen molar-refractivity contribution in [3.63, 3.8) is 0 Å². The quantitative estimate of drug-likeness (QED) is 0.835. The normalized spacial score (nSPS) is 28.3. The van der Waals surface area contributed by atoms with Crippen LogP contribution in [0, 0.1) is 5.92 Å². The van der Waals surface area contributed by atoms with Crippen molar-refractivity contribution in [3.8, 4) is 0 Å².